The van der Waals surface area contributed by atoms with E-state index in [2.05, 4.69) is 59.3 Å². The number of hydrogen-bond acceptors (Lipinski definition) is 4. The second kappa shape index (κ2) is 8.48. The van der Waals surface area contributed by atoms with E-state index in [1.165, 1.54) is 16.7 Å². The molecule has 6 nitrogen and oxygen atoms in total. The van der Waals surface area contributed by atoms with Crippen LogP contribution in [-0.4, -0.2) is 27.9 Å². The van der Waals surface area contributed by atoms with Crippen molar-refractivity contribution in [2.45, 2.75) is 59.5 Å². The van der Waals surface area contributed by atoms with Crippen LogP contribution in [0.2, 0.25) is 0 Å². The van der Waals surface area contributed by atoms with Gasteiger partial charge < -0.3 is 20.4 Å². The van der Waals surface area contributed by atoms with Crippen LogP contribution in [0.4, 0.5) is 11.4 Å². The van der Waals surface area contributed by atoms with Crippen LogP contribution in [0.25, 0.3) is 5.65 Å². The summed E-state index contributed by atoms with van der Waals surface area (Å²) in [7, 11) is 0. The van der Waals surface area contributed by atoms with Gasteiger partial charge in [-0.3, -0.25) is 4.79 Å². The Morgan fingerprint density at radius 3 is 2.70 bits per heavy atom. The van der Waals surface area contributed by atoms with Crippen LogP contribution in [0.3, 0.4) is 0 Å². The number of fused-ring (bicyclic) bond motifs is 1. The minimum absolute atomic E-state index is 0.0453. The first kappa shape index (κ1) is 20.4. The molecule has 1 atom stereocenters. The first-order chi connectivity index (χ1) is 14.4. The highest BCUT2D eigenvalue weighted by Crippen LogP contribution is 2.26. The maximum atomic E-state index is 12.6. The van der Waals surface area contributed by atoms with E-state index < -0.39 is 0 Å². The lowest BCUT2D eigenvalue weighted by molar-refractivity contribution is -0.116. The van der Waals surface area contributed by atoms with Crippen LogP contribution in [0.1, 0.15) is 47.3 Å². The quantitative estimate of drug-likeness (QED) is 0.573. The average molecular weight is 406 g/mol. The Labute approximate surface area is 178 Å². The molecule has 0 unspecified atom stereocenters. The van der Waals surface area contributed by atoms with Crippen molar-refractivity contribution in [3.05, 3.63) is 58.5 Å². The molecule has 2 aromatic heterocycles. The molecule has 158 valence electrons. The molecule has 1 saturated heterocycles. The zero-order valence-corrected chi connectivity index (χ0v) is 18.3. The molecular weight excluding hydrogens is 374 g/mol. The monoisotopic (exact) mass is 405 g/mol. The summed E-state index contributed by atoms with van der Waals surface area (Å²) < 4.78 is 2.06. The summed E-state index contributed by atoms with van der Waals surface area (Å²) in [6, 6.07) is 8.64. The van der Waals surface area contributed by atoms with Crippen LogP contribution < -0.4 is 16.0 Å². The summed E-state index contributed by atoms with van der Waals surface area (Å²) in [6.07, 6.45) is 4.68. The van der Waals surface area contributed by atoms with Crippen LogP contribution in [-0.2, 0) is 11.3 Å². The van der Waals surface area contributed by atoms with E-state index in [1.807, 2.05) is 19.2 Å². The van der Waals surface area contributed by atoms with Gasteiger partial charge in [0.15, 0.2) is 5.65 Å². The van der Waals surface area contributed by atoms with Crippen molar-refractivity contribution in [3.8, 4) is 0 Å². The number of amides is 1. The smallest absolute Gasteiger partial charge is 0.225 e. The van der Waals surface area contributed by atoms with Gasteiger partial charge in [0, 0.05) is 30.9 Å². The Hall–Kier alpha value is -2.86. The molecule has 30 heavy (non-hydrogen) atoms. The number of nitrogens with zero attached hydrogens (tertiary/aromatic N) is 2. The third-order valence-corrected chi connectivity index (χ3v) is 6.17. The maximum absolute atomic E-state index is 12.6. The number of rotatable bonds is 6. The summed E-state index contributed by atoms with van der Waals surface area (Å²) >= 11 is 0. The minimum Gasteiger partial charge on any atom is -0.378 e. The molecule has 3 heterocycles. The second-order valence-corrected chi connectivity index (χ2v) is 8.39. The number of imidazole rings is 1. The van der Waals surface area contributed by atoms with Crippen molar-refractivity contribution in [2.75, 3.05) is 17.2 Å². The van der Waals surface area contributed by atoms with Gasteiger partial charge in [0.05, 0.1) is 17.1 Å². The predicted octanol–water partition coefficient (Wildman–Crippen LogP) is 4.26. The van der Waals surface area contributed by atoms with Gasteiger partial charge in [-0.2, -0.15) is 0 Å². The number of carbonyl (C=O) groups is 1. The predicted molar refractivity (Wildman–Crippen MR) is 122 cm³/mol. The molecule has 1 aliphatic heterocycles. The molecule has 3 N–H and O–H groups in total. The fourth-order valence-corrected chi connectivity index (χ4v) is 4.25. The highest BCUT2D eigenvalue weighted by atomic mass is 16.1. The van der Waals surface area contributed by atoms with Gasteiger partial charge >= 0.3 is 0 Å². The molecule has 4 rings (SSSR count). The van der Waals surface area contributed by atoms with Crippen LogP contribution in [0.5, 0.6) is 0 Å². The molecule has 6 heteroatoms. The Bertz CT molecular complexity index is 1060. The van der Waals surface area contributed by atoms with Crippen molar-refractivity contribution in [1.29, 1.82) is 0 Å². The molecule has 0 saturated carbocycles. The number of anilines is 2. The Morgan fingerprint density at radius 1 is 1.23 bits per heavy atom. The highest BCUT2D eigenvalue weighted by molar-refractivity contribution is 5.92. The van der Waals surface area contributed by atoms with E-state index in [0.717, 1.165) is 47.8 Å². The van der Waals surface area contributed by atoms with E-state index in [9.17, 15) is 4.79 Å². The number of carbonyl (C=O) groups excluding carboxylic acids is 1. The fourth-order valence-electron chi connectivity index (χ4n) is 4.25. The van der Waals surface area contributed by atoms with Crippen LogP contribution in [0, 0.1) is 27.7 Å². The third-order valence-electron chi connectivity index (χ3n) is 6.17. The SMILES string of the molecule is Cc1cccc(C)c1CNc1cc(NC(=O)C[C@H]2CCCN2)cn2c(C)c(C)nc12. The number of benzene rings is 1. The normalized spacial score (nSPS) is 16.2. The molecule has 3 aromatic rings. The Balaban J connectivity index is 1.60. The number of aromatic nitrogens is 2. The fraction of sp³-hybridized carbons (Fsp3) is 0.417. The molecule has 1 aliphatic rings. The average Bonchev–Trinajstić information content (AvgIpc) is 3.30. The largest absolute Gasteiger partial charge is 0.378 e. The van der Waals surface area contributed by atoms with Gasteiger partial charge in [0.1, 0.15) is 0 Å². The van der Waals surface area contributed by atoms with Crippen molar-refractivity contribution in [2.24, 2.45) is 0 Å². The molecule has 1 fully saturated rings. The lowest BCUT2D eigenvalue weighted by Crippen LogP contribution is -2.27. The van der Waals surface area contributed by atoms with E-state index in [1.54, 1.807) is 0 Å². The molecule has 1 aromatic carbocycles. The van der Waals surface area contributed by atoms with E-state index >= 15 is 0 Å². The Kier molecular flexibility index (Phi) is 5.77. The van der Waals surface area contributed by atoms with E-state index in [0.29, 0.717) is 13.0 Å². The summed E-state index contributed by atoms with van der Waals surface area (Å²) in [5, 5.41) is 10.0. The van der Waals surface area contributed by atoms with Crippen molar-refractivity contribution in [3.63, 3.8) is 0 Å². The van der Waals surface area contributed by atoms with Crippen molar-refractivity contribution < 1.29 is 4.79 Å². The zero-order chi connectivity index (χ0) is 21.3. The van der Waals surface area contributed by atoms with E-state index in [-0.39, 0.29) is 11.9 Å². The number of nitrogens with one attached hydrogen (secondary N) is 3. The molecule has 0 radical (unpaired) electrons. The van der Waals surface area contributed by atoms with Crippen molar-refractivity contribution >= 4 is 22.9 Å². The summed E-state index contributed by atoms with van der Waals surface area (Å²) in [6.45, 7) is 10.1. The Morgan fingerprint density at radius 2 is 2.00 bits per heavy atom. The highest BCUT2D eigenvalue weighted by Gasteiger charge is 2.18. The lowest BCUT2D eigenvalue weighted by atomic mass is 10.0. The third kappa shape index (κ3) is 4.19. The second-order valence-electron chi connectivity index (χ2n) is 8.39. The van der Waals surface area contributed by atoms with Gasteiger partial charge in [-0.1, -0.05) is 18.2 Å². The minimum atomic E-state index is 0.0453. The topological polar surface area (TPSA) is 70.5 Å². The van der Waals surface area contributed by atoms with Gasteiger partial charge in [-0.15, -0.1) is 0 Å². The number of pyridine rings is 1. The van der Waals surface area contributed by atoms with Gasteiger partial charge in [-0.05, 0) is 69.8 Å². The van der Waals surface area contributed by atoms with E-state index in [4.69, 9.17) is 4.98 Å². The van der Waals surface area contributed by atoms with Crippen LogP contribution >= 0.6 is 0 Å². The van der Waals surface area contributed by atoms with Crippen LogP contribution in [0.15, 0.2) is 30.5 Å². The summed E-state index contributed by atoms with van der Waals surface area (Å²) in [5.41, 5.74) is 8.48. The van der Waals surface area contributed by atoms with Gasteiger partial charge in [0.2, 0.25) is 5.91 Å². The first-order valence-corrected chi connectivity index (χ1v) is 10.7. The van der Waals surface area contributed by atoms with Crippen molar-refractivity contribution in [1.82, 2.24) is 14.7 Å². The number of aryl methyl sites for hydroxylation is 4. The van der Waals surface area contributed by atoms with Gasteiger partial charge in [0.25, 0.3) is 0 Å². The molecule has 1 amide bonds. The zero-order valence-electron chi connectivity index (χ0n) is 18.3. The summed E-state index contributed by atoms with van der Waals surface area (Å²) in [5.74, 6) is 0.0453. The van der Waals surface area contributed by atoms with Gasteiger partial charge in [-0.25, -0.2) is 4.98 Å². The summed E-state index contributed by atoms with van der Waals surface area (Å²) in [4.78, 5) is 17.3. The maximum Gasteiger partial charge on any atom is 0.225 e. The molecular formula is C24H31N5O. The standard InChI is InChI=1S/C24H31N5O/c1-15-7-5-8-16(2)21(15)13-26-22-11-20(14-29-18(4)17(3)27-24(22)29)28-23(30)12-19-9-6-10-25-19/h5,7-8,11,14,19,25-26H,6,9-10,12-13H2,1-4H3,(H,28,30)/t19-/m1/s1. The molecule has 0 spiro atoms. The number of hydrogen-bond donors (Lipinski definition) is 3. The molecule has 0 aliphatic carbocycles. The lowest BCUT2D eigenvalue weighted by Gasteiger charge is -2.15. The molecule has 0 bridgehead atoms. The first-order valence-electron chi connectivity index (χ1n) is 10.7.